The Bertz CT molecular complexity index is 969. The number of carboxylic acids is 1. The van der Waals surface area contributed by atoms with Gasteiger partial charge in [-0.05, 0) is 37.0 Å². The summed E-state index contributed by atoms with van der Waals surface area (Å²) < 4.78 is 13.4. The third-order valence-electron chi connectivity index (χ3n) is 5.05. The van der Waals surface area contributed by atoms with Gasteiger partial charge in [0.2, 0.25) is 0 Å². The zero-order valence-corrected chi connectivity index (χ0v) is 16.2. The number of nitrogens with zero attached hydrogens (tertiary/aromatic N) is 1. The molecule has 2 aromatic rings. The molecular weight excluding hydrogens is 389 g/mol. The van der Waals surface area contributed by atoms with Crippen LogP contribution in [0.1, 0.15) is 42.9 Å². The van der Waals surface area contributed by atoms with Crippen LogP contribution in [0.4, 0.5) is 4.39 Å². The monoisotopic (exact) mass is 410 g/mol. The second-order valence-electron chi connectivity index (χ2n) is 7.09. The fourth-order valence-electron chi connectivity index (χ4n) is 3.58. The molecule has 1 aliphatic rings. The average molecular weight is 410 g/mol. The quantitative estimate of drug-likeness (QED) is 0.312. The number of unbranched alkanes of at least 4 members (excludes halogenated alkanes) is 2. The summed E-state index contributed by atoms with van der Waals surface area (Å²) in [5, 5.41) is 21.4. The lowest BCUT2D eigenvalue weighted by atomic mass is 9.95. The standard InChI is InChI=1S/C23H22FNO5/c24-17-12-10-15(11-13-17)20-19(21(28)16-7-3-1-4-8-16)22(29)23(30)25(20)14-6-2-5-9-18(26)27/h1,3-4,7-8,10-13,20,28H,2,5-6,9,14H2,(H,26,27)/p-1/t20-/m0/s1. The minimum Gasteiger partial charge on any atom is -0.550 e. The zero-order valence-electron chi connectivity index (χ0n) is 16.2. The Labute approximate surface area is 173 Å². The number of aliphatic carboxylic acids is 1. The van der Waals surface area contributed by atoms with Crippen LogP contribution in [0.5, 0.6) is 0 Å². The van der Waals surface area contributed by atoms with Crippen molar-refractivity contribution in [2.24, 2.45) is 0 Å². The average Bonchev–Trinajstić information content (AvgIpc) is 2.99. The first-order valence-corrected chi connectivity index (χ1v) is 9.69. The van der Waals surface area contributed by atoms with Crippen LogP contribution in [0.25, 0.3) is 5.76 Å². The van der Waals surface area contributed by atoms with E-state index in [4.69, 9.17) is 0 Å². The van der Waals surface area contributed by atoms with Crippen molar-refractivity contribution in [2.75, 3.05) is 6.54 Å². The van der Waals surface area contributed by atoms with Gasteiger partial charge >= 0.3 is 0 Å². The van der Waals surface area contributed by atoms with E-state index < -0.39 is 29.5 Å². The van der Waals surface area contributed by atoms with Crippen LogP contribution in [0.3, 0.4) is 0 Å². The summed E-state index contributed by atoms with van der Waals surface area (Å²) in [5.41, 5.74) is 0.854. The number of likely N-dealkylation sites (tertiary alicyclic amines) is 1. The number of hydrogen-bond donors (Lipinski definition) is 1. The molecule has 3 rings (SSSR count). The Morgan fingerprint density at radius 3 is 2.30 bits per heavy atom. The van der Waals surface area contributed by atoms with Gasteiger partial charge in [-0.2, -0.15) is 0 Å². The largest absolute Gasteiger partial charge is 0.550 e. The van der Waals surface area contributed by atoms with E-state index in [1.165, 1.54) is 29.2 Å². The Hall–Kier alpha value is -3.48. The van der Waals surface area contributed by atoms with Gasteiger partial charge in [0.05, 0.1) is 11.6 Å². The van der Waals surface area contributed by atoms with Crippen molar-refractivity contribution >= 4 is 23.4 Å². The minimum absolute atomic E-state index is 0.0486. The molecule has 1 fully saturated rings. The Morgan fingerprint density at radius 2 is 1.67 bits per heavy atom. The molecule has 1 heterocycles. The van der Waals surface area contributed by atoms with Crippen LogP contribution < -0.4 is 5.11 Å². The molecule has 6 nitrogen and oxygen atoms in total. The van der Waals surface area contributed by atoms with Gasteiger partial charge < -0.3 is 19.9 Å². The van der Waals surface area contributed by atoms with Crippen molar-refractivity contribution in [1.29, 1.82) is 0 Å². The van der Waals surface area contributed by atoms with Crippen molar-refractivity contribution in [2.45, 2.75) is 31.7 Å². The lowest BCUT2D eigenvalue weighted by Crippen LogP contribution is -2.30. The molecule has 0 aliphatic carbocycles. The molecule has 0 unspecified atom stereocenters. The van der Waals surface area contributed by atoms with Gasteiger partial charge in [-0.3, -0.25) is 9.59 Å². The van der Waals surface area contributed by atoms with Gasteiger partial charge in [0.15, 0.2) is 0 Å². The summed E-state index contributed by atoms with van der Waals surface area (Å²) in [6.45, 7) is 0.200. The van der Waals surface area contributed by atoms with Crippen molar-refractivity contribution in [3.05, 3.63) is 77.1 Å². The van der Waals surface area contributed by atoms with Crippen molar-refractivity contribution in [1.82, 2.24) is 4.90 Å². The molecule has 1 saturated heterocycles. The molecule has 2 aromatic carbocycles. The number of carboxylic acid groups (broad SMARTS) is 1. The number of carbonyl (C=O) groups is 3. The lowest BCUT2D eigenvalue weighted by molar-refractivity contribution is -0.305. The first kappa shape index (κ1) is 21.2. The Kier molecular flexibility index (Phi) is 6.61. The van der Waals surface area contributed by atoms with E-state index in [0.717, 1.165) is 0 Å². The molecule has 1 atom stereocenters. The summed E-state index contributed by atoms with van der Waals surface area (Å²) in [5.74, 6) is -3.43. The number of Topliss-reactive ketones (excluding diaryl/α,β-unsaturated/α-hetero) is 1. The van der Waals surface area contributed by atoms with Crippen LogP contribution in [0.15, 0.2) is 60.2 Å². The highest BCUT2D eigenvalue weighted by molar-refractivity contribution is 6.46. The first-order chi connectivity index (χ1) is 14.4. The fraction of sp³-hybridized carbons (Fsp3) is 0.261. The first-order valence-electron chi connectivity index (χ1n) is 9.69. The number of benzene rings is 2. The van der Waals surface area contributed by atoms with E-state index >= 15 is 0 Å². The van der Waals surface area contributed by atoms with Gasteiger partial charge in [0.1, 0.15) is 11.6 Å². The maximum Gasteiger partial charge on any atom is 0.295 e. The summed E-state index contributed by atoms with van der Waals surface area (Å²) in [6.07, 6.45) is 1.33. The molecule has 156 valence electrons. The third kappa shape index (κ3) is 4.56. The predicted molar refractivity (Wildman–Crippen MR) is 105 cm³/mol. The maximum atomic E-state index is 13.4. The Morgan fingerprint density at radius 1 is 1.00 bits per heavy atom. The van der Waals surface area contributed by atoms with E-state index in [-0.39, 0.29) is 24.3 Å². The third-order valence-corrected chi connectivity index (χ3v) is 5.05. The smallest absolute Gasteiger partial charge is 0.295 e. The van der Waals surface area contributed by atoms with E-state index in [1.54, 1.807) is 30.3 Å². The van der Waals surface area contributed by atoms with Crippen molar-refractivity contribution in [3.63, 3.8) is 0 Å². The number of ketones is 1. The SMILES string of the molecule is O=C([O-])CCCCCN1C(=O)C(=O)C(=C(O)c2ccccc2)[C@@H]1c1ccc(F)cc1. The second-order valence-corrected chi connectivity index (χ2v) is 7.09. The van der Waals surface area contributed by atoms with Crippen LogP contribution in [0, 0.1) is 5.82 Å². The molecule has 1 amide bonds. The van der Waals surface area contributed by atoms with E-state index in [9.17, 15) is 29.0 Å². The van der Waals surface area contributed by atoms with Crippen LogP contribution in [-0.4, -0.2) is 34.2 Å². The maximum absolute atomic E-state index is 13.4. The highest BCUT2D eigenvalue weighted by Crippen LogP contribution is 2.39. The highest BCUT2D eigenvalue weighted by atomic mass is 19.1. The molecule has 1 aliphatic heterocycles. The molecule has 0 spiro atoms. The number of carbonyl (C=O) groups excluding carboxylic acids is 3. The van der Waals surface area contributed by atoms with Crippen LogP contribution >= 0.6 is 0 Å². The highest BCUT2D eigenvalue weighted by Gasteiger charge is 2.45. The zero-order chi connectivity index (χ0) is 21.7. The summed E-state index contributed by atoms with van der Waals surface area (Å²) in [7, 11) is 0. The molecule has 1 N–H and O–H groups in total. The number of halogens is 1. The summed E-state index contributed by atoms with van der Waals surface area (Å²) in [4.78, 5) is 37.4. The van der Waals surface area contributed by atoms with E-state index in [0.29, 0.717) is 30.4 Å². The normalized spacial score (nSPS) is 18.0. The van der Waals surface area contributed by atoms with Gasteiger partial charge in [-0.1, -0.05) is 48.9 Å². The predicted octanol–water partition coefficient (Wildman–Crippen LogP) is 2.56. The molecule has 0 radical (unpaired) electrons. The van der Waals surface area contributed by atoms with Gasteiger partial charge in [0.25, 0.3) is 11.7 Å². The van der Waals surface area contributed by atoms with Gasteiger partial charge in [-0.15, -0.1) is 0 Å². The molecule has 7 heteroatoms. The summed E-state index contributed by atoms with van der Waals surface area (Å²) >= 11 is 0. The fourth-order valence-corrected chi connectivity index (χ4v) is 3.58. The molecule has 0 saturated carbocycles. The Balaban J connectivity index is 1.95. The number of amides is 1. The van der Waals surface area contributed by atoms with Crippen molar-refractivity contribution in [3.8, 4) is 0 Å². The number of rotatable bonds is 8. The van der Waals surface area contributed by atoms with Crippen LogP contribution in [-0.2, 0) is 14.4 Å². The van der Waals surface area contributed by atoms with E-state index in [2.05, 4.69) is 0 Å². The van der Waals surface area contributed by atoms with Gasteiger partial charge in [-0.25, -0.2) is 4.39 Å². The van der Waals surface area contributed by atoms with Gasteiger partial charge in [0, 0.05) is 18.1 Å². The van der Waals surface area contributed by atoms with Crippen molar-refractivity contribution < 1.29 is 29.0 Å². The minimum atomic E-state index is -1.13. The molecule has 0 aromatic heterocycles. The van der Waals surface area contributed by atoms with E-state index in [1.807, 2.05) is 0 Å². The number of aliphatic hydroxyl groups excluding tert-OH is 1. The van der Waals surface area contributed by atoms with Crippen LogP contribution in [0.2, 0.25) is 0 Å². The topological polar surface area (TPSA) is 97.7 Å². The number of hydrogen-bond acceptors (Lipinski definition) is 5. The second kappa shape index (κ2) is 9.35. The molecule has 30 heavy (non-hydrogen) atoms. The molecular formula is C23H21FNO5-. The summed E-state index contributed by atoms with van der Waals surface area (Å²) in [6, 6.07) is 13.0. The number of aliphatic hydroxyl groups is 1. The molecule has 0 bridgehead atoms. The lowest BCUT2D eigenvalue weighted by Gasteiger charge is -2.25.